The Kier molecular flexibility index (Phi) is 5.93. The van der Waals surface area contributed by atoms with Crippen molar-refractivity contribution in [1.82, 2.24) is 15.5 Å². The average Bonchev–Trinajstić information content (AvgIpc) is 3.23. The van der Waals surface area contributed by atoms with E-state index < -0.39 is 29.4 Å². The summed E-state index contributed by atoms with van der Waals surface area (Å²) in [7, 11) is 0. The van der Waals surface area contributed by atoms with Gasteiger partial charge in [-0.1, -0.05) is 24.3 Å². The highest BCUT2D eigenvalue weighted by Gasteiger charge is 2.20. The number of hydrogen-bond donors (Lipinski definition) is 1. The normalized spacial score (nSPS) is 11.5. The highest BCUT2D eigenvalue weighted by molar-refractivity contribution is 5.96. The van der Waals surface area contributed by atoms with E-state index in [0.717, 1.165) is 11.6 Å². The molecule has 3 rings (SSSR count). The smallest absolute Gasteiger partial charge is 0.326 e. The van der Waals surface area contributed by atoms with Crippen molar-refractivity contribution >= 4 is 17.6 Å². The minimum atomic E-state index is -0.817. The Morgan fingerprint density at radius 3 is 2.66 bits per heavy atom. The van der Waals surface area contributed by atoms with Gasteiger partial charge in [0.05, 0.1) is 4.92 Å². The van der Waals surface area contributed by atoms with Crippen molar-refractivity contribution in [2.75, 3.05) is 6.54 Å². The molecule has 0 radical (unpaired) electrons. The minimum absolute atomic E-state index is 0.0597. The second-order valence-corrected chi connectivity index (χ2v) is 5.93. The molecule has 1 heterocycles. The molecule has 0 aliphatic carbocycles. The van der Waals surface area contributed by atoms with E-state index in [2.05, 4.69) is 15.5 Å². The number of hydrogen-bond acceptors (Lipinski definition) is 8. The standard InChI is InChI=1S/C19H16N4O6/c1-12(18-21-22-19(29-18)13-6-3-2-4-7-13)28-16(24)11-20-17(25)14-8-5-9-15(10-14)23(26)27/h2-10,12H,11H2,1H3,(H,20,25)/t12-/m1/s1. The second kappa shape index (κ2) is 8.74. The molecule has 29 heavy (non-hydrogen) atoms. The van der Waals surface area contributed by atoms with Gasteiger partial charge < -0.3 is 14.5 Å². The van der Waals surface area contributed by atoms with E-state index in [1.807, 2.05) is 18.2 Å². The molecule has 0 saturated heterocycles. The first-order chi connectivity index (χ1) is 13.9. The number of nitro groups is 1. The quantitative estimate of drug-likeness (QED) is 0.365. The third-order valence-electron chi connectivity index (χ3n) is 3.83. The maximum Gasteiger partial charge on any atom is 0.326 e. The topological polar surface area (TPSA) is 137 Å². The van der Waals surface area contributed by atoms with Gasteiger partial charge in [0.15, 0.2) is 6.10 Å². The van der Waals surface area contributed by atoms with Crippen molar-refractivity contribution in [1.29, 1.82) is 0 Å². The van der Waals surface area contributed by atoms with E-state index in [4.69, 9.17) is 9.15 Å². The molecule has 0 aliphatic rings. The van der Waals surface area contributed by atoms with Gasteiger partial charge in [0.1, 0.15) is 6.54 Å². The molecule has 0 unspecified atom stereocenters. The summed E-state index contributed by atoms with van der Waals surface area (Å²) in [5.41, 5.74) is 0.568. The van der Waals surface area contributed by atoms with E-state index in [1.165, 1.54) is 18.2 Å². The van der Waals surface area contributed by atoms with Crippen LogP contribution in [0.5, 0.6) is 0 Å². The number of non-ortho nitro benzene ring substituents is 1. The molecule has 0 spiro atoms. The first-order valence-corrected chi connectivity index (χ1v) is 8.55. The molecule has 1 aromatic heterocycles. The van der Waals surface area contributed by atoms with E-state index in [1.54, 1.807) is 19.1 Å². The van der Waals surface area contributed by atoms with Crippen molar-refractivity contribution in [3.05, 3.63) is 76.2 Å². The zero-order chi connectivity index (χ0) is 20.8. The monoisotopic (exact) mass is 396 g/mol. The molecule has 2 aromatic carbocycles. The van der Waals surface area contributed by atoms with Crippen LogP contribution in [0, 0.1) is 10.1 Å². The molecule has 1 atom stereocenters. The van der Waals surface area contributed by atoms with Crippen LogP contribution < -0.4 is 5.32 Å². The number of ether oxygens (including phenoxy) is 1. The highest BCUT2D eigenvalue weighted by Crippen LogP contribution is 2.22. The number of carbonyl (C=O) groups excluding carboxylic acids is 2. The lowest BCUT2D eigenvalue weighted by Crippen LogP contribution is -2.31. The third-order valence-corrected chi connectivity index (χ3v) is 3.83. The average molecular weight is 396 g/mol. The summed E-state index contributed by atoms with van der Waals surface area (Å²) in [4.78, 5) is 34.2. The number of nitrogens with zero attached hydrogens (tertiary/aromatic N) is 3. The summed E-state index contributed by atoms with van der Waals surface area (Å²) < 4.78 is 10.7. The van der Waals surface area contributed by atoms with E-state index in [-0.39, 0.29) is 17.1 Å². The van der Waals surface area contributed by atoms with Crippen LogP contribution in [0.4, 0.5) is 5.69 Å². The number of carbonyl (C=O) groups is 2. The number of nitro benzene ring substituents is 1. The zero-order valence-corrected chi connectivity index (χ0v) is 15.3. The van der Waals surface area contributed by atoms with Gasteiger partial charge in [-0.2, -0.15) is 0 Å². The summed E-state index contributed by atoms with van der Waals surface area (Å²) in [6.45, 7) is 1.13. The molecular weight excluding hydrogens is 380 g/mol. The van der Waals surface area contributed by atoms with Crippen LogP contribution in [0.2, 0.25) is 0 Å². The molecule has 0 saturated carbocycles. The molecule has 10 nitrogen and oxygen atoms in total. The fraction of sp³-hybridized carbons (Fsp3) is 0.158. The number of esters is 1. The van der Waals surface area contributed by atoms with Gasteiger partial charge in [0.25, 0.3) is 17.5 Å². The van der Waals surface area contributed by atoms with Gasteiger partial charge in [0, 0.05) is 23.3 Å². The van der Waals surface area contributed by atoms with Crippen LogP contribution in [0.1, 0.15) is 29.3 Å². The molecular formula is C19H16N4O6. The number of aromatic nitrogens is 2. The van der Waals surface area contributed by atoms with Gasteiger partial charge >= 0.3 is 5.97 Å². The predicted octanol–water partition coefficient (Wildman–Crippen LogP) is 2.68. The number of benzene rings is 2. The van der Waals surface area contributed by atoms with Crippen molar-refractivity contribution in [3.63, 3.8) is 0 Å². The van der Waals surface area contributed by atoms with Gasteiger partial charge in [-0.3, -0.25) is 19.7 Å². The second-order valence-electron chi connectivity index (χ2n) is 5.93. The number of nitrogens with one attached hydrogen (secondary N) is 1. The lowest BCUT2D eigenvalue weighted by Gasteiger charge is -2.10. The zero-order valence-electron chi connectivity index (χ0n) is 15.3. The molecule has 1 N–H and O–H groups in total. The largest absolute Gasteiger partial charge is 0.451 e. The Morgan fingerprint density at radius 1 is 1.17 bits per heavy atom. The summed E-state index contributed by atoms with van der Waals surface area (Å²) >= 11 is 0. The van der Waals surface area contributed by atoms with Crippen LogP contribution in [0.3, 0.4) is 0 Å². The van der Waals surface area contributed by atoms with Crippen LogP contribution in [-0.2, 0) is 9.53 Å². The Hall–Kier alpha value is -4.08. The first-order valence-electron chi connectivity index (χ1n) is 8.55. The lowest BCUT2D eigenvalue weighted by molar-refractivity contribution is -0.384. The van der Waals surface area contributed by atoms with E-state index in [9.17, 15) is 19.7 Å². The van der Waals surface area contributed by atoms with E-state index in [0.29, 0.717) is 5.89 Å². The van der Waals surface area contributed by atoms with Crippen LogP contribution in [0.25, 0.3) is 11.5 Å². The first kappa shape index (κ1) is 19.7. The van der Waals surface area contributed by atoms with Gasteiger partial charge in [-0.05, 0) is 25.1 Å². The maximum atomic E-state index is 12.1. The fourth-order valence-corrected chi connectivity index (χ4v) is 2.40. The third kappa shape index (κ3) is 5.01. The Bertz CT molecular complexity index is 1030. The molecule has 10 heteroatoms. The molecule has 0 fully saturated rings. The summed E-state index contributed by atoms with van der Waals surface area (Å²) in [6.07, 6.45) is -0.817. The lowest BCUT2D eigenvalue weighted by atomic mass is 10.2. The van der Waals surface area contributed by atoms with Crippen molar-refractivity contribution in [2.24, 2.45) is 0 Å². The van der Waals surface area contributed by atoms with Crippen LogP contribution in [0.15, 0.2) is 59.0 Å². The Balaban J connectivity index is 1.54. The van der Waals surface area contributed by atoms with Gasteiger partial charge in [0.2, 0.25) is 5.89 Å². The summed E-state index contributed by atoms with van der Waals surface area (Å²) in [5.74, 6) is -0.956. The van der Waals surface area contributed by atoms with Crippen molar-refractivity contribution in [3.8, 4) is 11.5 Å². The Labute approximate surface area is 164 Å². The van der Waals surface area contributed by atoms with Gasteiger partial charge in [-0.25, -0.2) is 0 Å². The minimum Gasteiger partial charge on any atom is -0.451 e. The van der Waals surface area contributed by atoms with Crippen molar-refractivity contribution in [2.45, 2.75) is 13.0 Å². The van der Waals surface area contributed by atoms with Crippen LogP contribution >= 0.6 is 0 Å². The molecule has 1 amide bonds. The van der Waals surface area contributed by atoms with Crippen molar-refractivity contribution < 1.29 is 23.7 Å². The Morgan fingerprint density at radius 2 is 1.93 bits per heavy atom. The predicted molar refractivity (Wildman–Crippen MR) is 99.7 cm³/mol. The van der Waals surface area contributed by atoms with Gasteiger partial charge in [-0.15, -0.1) is 10.2 Å². The molecule has 148 valence electrons. The van der Waals surface area contributed by atoms with E-state index >= 15 is 0 Å². The number of amides is 1. The number of rotatable bonds is 7. The molecule has 0 aliphatic heterocycles. The fourth-order valence-electron chi connectivity index (χ4n) is 2.40. The summed E-state index contributed by atoms with van der Waals surface area (Å²) in [5, 5.41) is 20.9. The summed E-state index contributed by atoms with van der Waals surface area (Å²) in [6, 6.07) is 14.3. The molecule has 3 aromatic rings. The highest BCUT2D eigenvalue weighted by atomic mass is 16.6. The maximum absolute atomic E-state index is 12.1. The SMILES string of the molecule is C[C@@H](OC(=O)CNC(=O)c1cccc([N+](=O)[O-])c1)c1nnc(-c2ccccc2)o1. The van der Waals surface area contributed by atoms with Crippen LogP contribution in [-0.4, -0.2) is 33.5 Å². The molecule has 0 bridgehead atoms.